The average Bonchev–Trinajstić information content (AvgIpc) is 2.81. The fraction of sp³-hybridized carbons (Fsp3) is 0.0870. The van der Waals surface area contributed by atoms with E-state index >= 15 is 0 Å². The van der Waals surface area contributed by atoms with Crippen molar-refractivity contribution in [3.05, 3.63) is 86.9 Å². The lowest BCUT2D eigenvalue weighted by Crippen LogP contribution is -2.24. The summed E-state index contributed by atoms with van der Waals surface area (Å²) in [5, 5.41) is 4.85. The largest absolute Gasteiger partial charge is 0.493 e. The highest BCUT2D eigenvalue weighted by molar-refractivity contribution is 6.42. The molecule has 0 aromatic heterocycles. The Bertz CT molecular complexity index is 1200. The Morgan fingerprint density at radius 3 is 2.42 bits per heavy atom. The molecule has 0 unspecified atom stereocenters. The van der Waals surface area contributed by atoms with Gasteiger partial charge in [0.1, 0.15) is 5.75 Å². The Balaban J connectivity index is 1.59. The zero-order valence-electron chi connectivity index (χ0n) is 17.2. The number of esters is 1. The number of carbonyl (C=O) groups excluding carboxylic acids is 2. The molecule has 0 radical (unpaired) electrons. The first kappa shape index (κ1) is 24.4. The van der Waals surface area contributed by atoms with Gasteiger partial charge in [0.05, 0.1) is 34.0 Å². The zero-order chi connectivity index (χ0) is 23.8. The molecule has 33 heavy (non-hydrogen) atoms. The fourth-order valence-electron chi connectivity index (χ4n) is 2.55. The van der Waals surface area contributed by atoms with Crippen LogP contribution in [0.5, 0.6) is 17.2 Å². The molecule has 3 aromatic carbocycles. The van der Waals surface area contributed by atoms with E-state index in [-0.39, 0.29) is 22.9 Å². The van der Waals surface area contributed by atoms with Crippen molar-refractivity contribution in [2.75, 3.05) is 13.7 Å². The molecule has 0 aliphatic heterocycles. The van der Waals surface area contributed by atoms with Crippen LogP contribution in [0.4, 0.5) is 0 Å². The Kier molecular flexibility index (Phi) is 8.54. The summed E-state index contributed by atoms with van der Waals surface area (Å²) in [6.07, 6.45) is 1.40. The van der Waals surface area contributed by atoms with Gasteiger partial charge >= 0.3 is 5.97 Å². The van der Waals surface area contributed by atoms with Crippen LogP contribution in [0.3, 0.4) is 0 Å². The van der Waals surface area contributed by atoms with Gasteiger partial charge in [0.15, 0.2) is 18.1 Å². The van der Waals surface area contributed by atoms with E-state index in [4.69, 9.17) is 49.0 Å². The van der Waals surface area contributed by atoms with Crippen molar-refractivity contribution < 1.29 is 23.8 Å². The SMILES string of the molecule is COc1cc(C=NNC(=O)COc2ccccc2Cl)ccc1OC(=O)c1ccc(Cl)c(Cl)c1. The van der Waals surface area contributed by atoms with Crippen molar-refractivity contribution in [1.29, 1.82) is 0 Å². The van der Waals surface area contributed by atoms with E-state index < -0.39 is 11.9 Å². The van der Waals surface area contributed by atoms with Crippen LogP contribution in [0.25, 0.3) is 0 Å². The lowest BCUT2D eigenvalue weighted by molar-refractivity contribution is -0.123. The number of halogens is 3. The zero-order valence-corrected chi connectivity index (χ0v) is 19.4. The van der Waals surface area contributed by atoms with E-state index in [9.17, 15) is 9.59 Å². The maximum absolute atomic E-state index is 12.4. The smallest absolute Gasteiger partial charge is 0.343 e. The number of ether oxygens (including phenoxy) is 3. The number of hydrazone groups is 1. The lowest BCUT2D eigenvalue weighted by Gasteiger charge is -2.10. The number of benzene rings is 3. The molecule has 1 amide bonds. The van der Waals surface area contributed by atoms with Crippen molar-refractivity contribution in [3.8, 4) is 17.2 Å². The molecule has 0 saturated heterocycles. The third-order valence-corrected chi connectivity index (χ3v) is 5.20. The topological polar surface area (TPSA) is 86.2 Å². The maximum atomic E-state index is 12.4. The highest BCUT2D eigenvalue weighted by atomic mass is 35.5. The molecule has 170 valence electrons. The summed E-state index contributed by atoms with van der Waals surface area (Å²) in [7, 11) is 1.43. The van der Waals surface area contributed by atoms with Gasteiger partial charge in [-0.25, -0.2) is 10.2 Å². The molecule has 3 aromatic rings. The van der Waals surface area contributed by atoms with Crippen molar-refractivity contribution in [1.82, 2.24) is 5.43 Å². The number of nitrogens with one attached hydrogen (secondary N) is 1. The minimum atomic E-state index is -0.626. The van der Waals surface area contributed by atoms with Gasteiger partial charge in [0, 0.05) is 0 Å². The quantitative estimate of drug-likeness (QED) is 0.191. The second kappa shape index (κ2) is 11.6. The van der Waals surface area contributed by atoms with Gasteiger partial charge in [0.2, 0.25) is 0 Å². The number of carbonyl (C=O) groups is 2. The first-order chi connectivity index (χ1) is 15.9. The molecule has 0 aliphatic carbocycles. The van der Waals surface area contributed by atoms with E-state index in [1.165, 1.54) is 37.6 Å². The molecule has 3 rings (SSSR count). The van der Waals surface area contributed by atoms with E-state index in [0.29, 0.717) is 27.1 Å². The Morgan fingerprint density at radius 1 is 0.909 bits per heavy atom. The van der Waals surface area contributed by atoms with Crippen LogP contribution in [0, 0.1) is 0 Å². The number of para-hydroxylation sites is 1. The van der Waals surface area contributed by atoms with Crippen molar-refractivity contribution in [3.63, 3.8) is 0 Å². The Hall–Kier alpha value is -3.26. The maximum Gasteiger partial charge on any atom is 0.343 e. The van der Waals surface area contributed by atoms with E-state index in [2.05, 4.69) is 10.5 Å². The first-order valence-electron chi connectivity index (χ1n) is 9.42. The predicted molar refractivity (Wildman–Crippen MR) is 127 cm³/mol. The second-order valence-corrected chi connectivity index (χ2v) is 7.66. The summed E-state index contributed by atoms with van der Waals surface area (Å²) in [4.78, 5) is 24.3. The van der Waals surface area contributed by atoms with E-state index in [0.717, 1.165) is 0 Å². The highest BCUT2D eigenvalue weighted by Gasteiger charge is 2.14. The van der Waals surface area contributed by atoms with Crippen LogP contribution in [0.15, 0.2) is 65.8 Å². The molecule has 0 heterocycles. The molecule has 1 N–H and O–H groups in total. The molecular weight excluding hydrogens is 491 g/mol. The highest BCUT2D eigenvalue weighted by Crippen LogP contribution is 2.29. The number of hydrogen-bond acceptors (Lipinski definition) is 6. The fourth-order valence-corrected chi connectivity index (χ4v) is 3.04. The minimum Gasteiger partial charge on any atom is -0.493 e. The summed E-state index contributed by atoms with van der Waals surface area (Å²) in [5.41, 5.74) is 3.18. The molecule has 0 aliphatic rings. The van der Waals surface area contributed by atoms with Gasteiger partial charge in [0.25, 0.3) is 5.91 Å². The van der Waals surface area contributed by atoms with Crippen molar-refractivity contribution in [2.24, 2.45) is 5.10 Å². The summed E-state index contributed by atoms with van der Waals surface area (Å²) in [6.45, 7) is -0.256. The third kappa shape index (κ3) is 6.86. The number of nitrogens with zero attached hydrogens (tertiary/aromatic N) is 1. The van der Waals surface area contributed by atoms with Gasteiger partial charge in [-0.1, -0.05) is 46.9 Å². The molecule has 0 bridgehead atoms. The van der Waals surface area contributed by atoms with Gasteiger partial charge in [-0.15, -0.1) is 0 Å². The first-order valence-corrected chi connectivity index (χ1v) is 10.5. The van der Waals surface area contributed by atoms with Crippen LogP contribution in [0.1, 0.15) is 15.9 Å². The van der Waals surface area contributed by atoms with Crippen LogP contribution < -0.4 is 19.6 Å². The van der Waals surface area contributed by atoms with Gasteiger partial charge in [-0.2, -0.15) is 5.10 Å². The van der Waals surface area contributed by atoms with Crippen LogP contribution in [0.2, 0.25) is 15.1 Å². The molecule has 0 fully saturated rings. The summed E-state index contributed by atoms with van der Waals surface area (Å²) in [5.74, 6) is -0.206. The van der Waals surface area contributed by atoms with Crippen LogP contribution >= 0.6 is 34.8 Å². The summed E-state index contributed by atoms with van der Waals surface area (Å²) in [6, 6.07) is 16.0. The molecule has 10 heteroatoms. The van der Waals surface area contributed by atoms with Gasteiger partial charge < -0.3 is 14.2 Å². The standard InChI is InChI=1S/C23H17Cl3N2O5/c1-31-21-10-14(12-27-28-22(29)13-32-19-5-3-2-4-17(19)25)6-9-20(21)33-23(30)15-7-8-16(24)18(26)11-15/h2-12H,13H2,1H3,(H,28,29). The van der Waals surface area contributed by atoms with Crippen LogP contribution in [-0.2, 0) is 4.79 Å². The van der Waals surface area contributed by atoms with E-state index in [1.54, 1.807) is 36.4 Å². The molecule has 0 spiro atoms. The Morgan fingerprint density at radius 2 is 1.70 bits per heavy atom. The number of hydrogen-bond donors (Lipinski definition) is 1. The number of amides is 1. The molecule has 7 nitrogen and oxygen atoms in total. The van der Waals surface area contributed by atoms with E-state index in [1.807, 2.05) is 0 Å². The van der Waals surface area contributed by atoms with Gasteiger partial charge in [-0.05, 0) is 54.1 Å². The van der Waals surface area contributed by atoms with Crippen molar-refractivity contribution >= 4 is 52.9 Å². The third-order valence-electron chi connectivity index (χ3n) is 4.14. The molecule has 0 saturated carbocycles. The number of rotatable bonds is 8. The van der Waals surface area contributed by atoms with Gasteiger partial charge in [-0.3, -0.25) is 4.79 Å². The summed E-state index contributed by atoms with van der Waals surface area (Å²) < 4.78 is 16.0. The minimum absolute atomic E-state index is 0.197. The number of methoxy groups -OCH3 is 1. The van der Waals surface area contributed by atoms with Crippen LogP contribution in [-0.4, -0.2) is 31.8 Å². The normalized spacial score (nSPS) is 10.7. The molecule has 0 atom stereocenters. The second-order valence-electron chi connectivity index (χ2n) is 6.44. The average molecular weight is 508 g/mol. The predicted octanol–water partition coefficient (Wildman–Crippen LogP) is 5.40. The Labute approximate surface area is 204 Å². The summed E-state index contributed by atoms with van der Waals surface area (Å²) >= 11 is 17.8. The molecular formula is C23H17Cl3N2O5. The monoisotopic (exact) mass is 506 g/mol. The van der Waals surface area contributed by atoms with Crippen molar-refractivity contribution in [2.45, 2.75) is 0 Å². The lowest BCUT2D eigenvalue weighted by atomic mass is 10.2.